The van der Waals surface area contributed by atoms with Crippen molar-refractivity contribution in [1.82, 2.24) is 25.8 Å². The lowest BCUT2D eigenvalue weighted by atomic mass is 10.1. The van der Waals surface area contributed by atoms with Crippen LogP contribution < -0.4 is 16.0 Å². The number of carbonyl (C=O) groups is 1. The van der Waals surface area contributed by atoms with Gasteiger partial charge in [-0.05, 0) is 57.5 Å². The van der Waals surface area contributed by atoms with Gasteiger partial charge in [0.1, 0.15) is 0 Å². The van der Waals surface area contributed by atoms with Gasteiger partial charge in [0, 0.05) is 45.2 Å². The van der Waals surface area contributed by atoms with Gasteiger partial charge in [-0.2, -0.15) is 0 Å². The van der Waals surface area contributed by atoms with E-state index in [1.165, 1.54) is 30.6 Å². The molecule has 3 N–H and O–H groups in total. The number of rotatable bonds is 9. The summed E-state index contributed by atoms with van der Waals surface area (Å²) in [6, 6.07) is 8.82. The zero-order valence-corrected chi connectivity index (χ0v) is 21.4. The summed E-state index contributed by atoms with van der Waals surface area (Å²) in [5, 5.41) is 9.53. The summed E-state index contributed by atoms with van der Waals surface area (Å²) in [5.74, 6) is 1.23. The summed E-state index contributed by atoms with van der Waals surface area (Å²) in [7, 11) is 2.21. The lowest BCUT2D eigenvalue weighted by Crippen LogP contribution is -2.41. The van der Waals surface area contributed by atoms with Crippen LogP contribution in [-0.2, 0) is 17.9 Å². The molecule has 1 saturated carbocycles. The molecule has 1 saturated heterocycles. The third-order valence-electron chi connectivity index (χ3n) is 5.67. The van der Waals surface area contributed by atoms with E-state index < -0.39 is 0 Å². The number of halogens is 1. The monoisotopic (exact) mass is 542 g/mol. The molecule has 8 heteroatoms. The first-order chi connectivity index (χ1) is 14.6. The Morgan fingerprint density at radius 2 is 1.71 bits per heavy atom. The summed E-state index contributed by atoms with van der Waals surface area (Å²) in [6.07, 6.45) is 3.32. The minimum absolute atomic E-state index is 0. The van der Waals surface area contributed by atoms with Crippen LogP contribution in [-0.4, -0.2) is 74.5 Å². The Kier molecular flexibility index (Phi) is 11.6. The number of nitrogens with one attached hydrogen (secondary N) is 3. The Morgan fingerprint density at radius 3 is 2.42 bits per heavy atom. The summed E-state index contributed by atoms with van der Waals surface area (Å²) >= 11 is 0. The van der Waals surface area contributed by atoms with Gasteiger partial charge < -0.3 is 20.9 Å². The van der Waals surface area contributed by atoms with E-state index in [9.17, 15) is 4.79 Å². The van der Waals surface area contributed by atoms with E-state index in [1.807, 2.05) is 0 Å². The molecule has 0 unspecified atom stereocenters. The maximum Gasteiger partial charge on any atom is 0.223 e. The molecule has 1 amide bonds. The number of benzene rings is 1. The molecule has 31 heavy (non-hydrogen) atoms. The lowest BCUT2D eigenvalue weighted by molar-refractivity contribution is -0.122. The second-order valence-corrected chi connectivity index (χ2v) is 8.44. The van der Waals surface area contributed by atoms with Crippen LogP contribution in [0.3, 0.4) is 0 Å². The van der Waals surface area contributed by atoms with E-state index in [1.54, 1.807) is 0 Å². The number of hydrogen-bond donors (Lipinski definition) is 3. The molecule has 0 atom stereocenters. The van der Waals surface area contributed by atoms with Gasteiger partial charge >= 0.3 is 0 Å². The van der Waals surface area contributed by atoms with Crippen molar-refractivity contribution < 1.29 is 4.79 Å². The van der Waals surface area contributed by atoms with Crippen molar-refractivity contribution in [3.8, 4) is 0 Å². The van der Waals surface area contributed by atoms with Gasteiger partial charge in [0.05, 0.1) is 6.54 Å². The van der Waals surface area contributed by atoms with Gasteiger partial charge in [-0.25, -0.2) is 4.99 Å². The van der Waals surface area contributed by atoms with Crippen molar-refractivity contribution in [2.75, 3.05) is 52.9 Å². The zero-order chi connectivity index (χ0) is 21.2. The van der Waals surface area contributed by atoms with Crippen LogP contribution in [0.1, 0.15) is 37.3 Å². The highest BCUT2D eigenvalue weighted by molar-refractivity contribution is 14.0. The fourth-order valence-corrected chi connectivity index (χ4v) is 3.63. The molecule has 1 aromatic rings. The van der Waals surface area contributed by atoms with E-state index in [0.29, 0.717) is 19.6 Å². The summed E-state index contributed by atoms with van der Waals surface area (Å²) < 4.78 is 0. The number of hydrogen-bond acceptors (Lipinski definition) is 4. The van der Waals surface area contributed by atoms with E-state index in [-0.39, 0.29) is 35.8 Å². The quantitative estimate of drug-likeness (QED) is 0.193. The third-order valence-corrected chi connectivity index (χ3v) is 5.67. The summed E-state index contributed by atoms with van der Waals surface area (Å²) in [4.78, 5) is 21.3. The van der Waals surface area contributed by atoms with Crippen LogP contribution in [0.15, 0.2) is 29.3 Å². The molecule has 1 aliphatic carbocycles. The highest BCUT2D eigenvalue weighted by atomic mass is 127. The van der Waals surface area contributed by atoms with Crippen molar-refractivity contribution >= 4 is 35.8 Å². The van der Waals surface area contributed by atoms with E-state index >= 15 is 0 Å². The van der Waals surface area contributed by atoms with Gasteiger partial charge in [0.15, 0.2) is 5.96 Å². The second kappa shape index (κ2) is 13.9. The molecular weight excluding hydrogens is 503 g/mol. The van der Waals surface area contributed by atoms with Crippen LogP contribution in [0.2, 0.25) is 0 Å². The van der Waals surface area contributed by atoms with Crippen molar-refractivity contribution in [3.05, 3.63) is 35.4 Å². The first kappa shape index (κ1) is 25.9. The van der Waals surface area contributed by atoms with Crippen LogP contribution in [0.25, 0.3) is 0 Å². The van der Waals surface area contributed by atoms with Gasteiger partial charge in [-0.3, -0.25) is 9.69 Å². The Balaban J connectivity index is 0.00000341. The number of amides is 1. The molecule has 2 aliphatic rings. The minimum Gasteiger partial charge on any atom is -0.357 e. The molecule has 2 fully saturated rings. The SMILES string of the molecule is CCNC(=NCc1ccc(CN2CCCN(C)CC2)cc1)NCCNC(=O)C1CC1.I. The van der Waals surface area contributed by atoms with Gasteiger partial charge in [-0.1, -0.05) is 24.3 Å². The molecule has 3 rings (SSSR count). The lowest BCUT2D eigenvalue weighted by Gasteiger charge is -2.20. The van der Waals surface area contributed by atoms with Crippen LogP contribution >= 0.6 is 24.0 Å². The van der Waals surface area contributed by atoms with Crippen molar-refractivity contribution in [2.45, 2.75) is 39.3 Å². The largest absolute Gasteiger partial charge is 0.357 e. The molecule has 0 bridgehead atoms. The fourth-order valence-electron chi connectivity index (χ4n) is 3.63. The van der Waals surface area contributed by atoms with Crippen LogP contribution in [0.5, 0.6) is 0 Å². The second-order valence-electron chi connectivity index (χ2n) is 8.44. The predicted octanol–water partition coefficient (Wildman–Crippen LogP) is 2.02. The Labute approximate surface area is 204 Å². The highest BCUT2D eigenvalue weighted by Crippen LogP contribution is 2.28. The predicted molar refractivity (Wildman–Crippen MR) is 138 cm³/mol. The molecule has 0 radical (unpaired) electrons. The first-order valence-corrected chi connectivity index (χ1v) is 11.4. The number of nitrogens with zero attached hydrogens (tertiary/aromatic N) is 3. The van der Waals surface area contributed by atoms with E-state index in [4.69, 9.17) is 0 Å². The average Bonchev–Trinajstić information content (AvgIpc) is 3.60. The number of guanidine groups is 1. The molecule has 0 spiro atoms. The number of likely N-dealkylation sites (N-methyl/N-ethyl adjacent to an activating group) is 1. The molecule has 7 nitrogen and oxygen atoms in total. The average molecular weight is 543 g/mol. The maximum atomic E-state index is 11.7. The minimum atomic E-state index is 0. The summed E-state index contributed by atoms with van der Waals surface area (Å²) in [5.41, 5.74) is 2.57. The van der Waals surface area contributed by atoms with Gasteiger partial charge in [-0.15, -0.1) is 24.0 Å². The Hall–Kier alpha value is -1.39. The van der Waals surface area contributed by atoms with Gasteiger partial charge in [0.2, 0.25) is 5.91 Å². The smallest absolute Gasteiger partial charge is 0.223 e. The zero-order valence-electron chi connectivity index (χ0n) is 19.0. The molecule has 0 aromatic heterocycles. The fraction of sp³-hybridized carbons (Fsp3) is 0.652. The molecular formula is C23H39IN6O. The van der Waals surface area contributed by atoms with Crippen molar-refractivity contribution in [2.24, 2.45) is 10.9 Å². The number of aliphatic imine (C=N–C) groups is 1. The summed E-state index contributed by atoms with van der Waals surface area (Å²) in [6.45, 7) is 10.5. The Morgan fingerprint density at radius 1 is 1.00 bits per heavy atom. The standard InChI is InChI=1S/C23H38N6O.HI/c1-3-24-23(26-12-11-25-22(30)21-9-10-21)27-17-19-5-7-20(8-6-19)18-29-14-4-13-28(2)15-16-29;/h5-8,21H,3-4,9-18H2,1-2H3,(H,25,30)(H2,24,26,27);1H. The van der Waals surface area contributed by atoms with Gasteiger partial charge in [0.25, 0.3) is 0 Å². The first-order valence-electron chi connectivity index (χ1n) is 11.4. The topological polar surface area (TPSA) is 72.0 Å². The molecule has 1 aromatic carbocycles. The van der Waals surface area contributed by atoms with E-state index in [0.717, 1.165) is 45.0 Å². The van der Waals surface area contributed by atoms with Crippen LogP contribution in [0.4, 0.5) is 0 Å². The van der Waals surface area contributed by atoms with Crippen molar-refractivity contribution in [3.63, 3.8) is 0 Å². The van der Waals surface area contributed by atoms with Crippen LogP contribution in [0, 0.1) is 5.92 Å². The highest BCUT2D eigenvalue weighted by Gasteiger charge is 2.28. The normalized spacial score (nSPS) is 18.1. The van der Waals surface area contributed by atoms with Crippen molar-refractivity contribution in [1.29, 1.82) is 0 Å². The molecule has 174 valence electrons. The maximum absolute atomic E-state index is 11.7. The Bertz CT molecular complexity index is 692. The van der Waals surface area contributed by atoms with E-state index in [2.05, 4.69) is 69.0 Å². The third kappa shape index (κ3) is 9.74. The number of carbonyl (C=O) groups excluding carboxylic acids is 1. The molecule has 1 aliphatic heterocycles. The molecule has 1 heterocycles.